The molecular formula is C28H27NO2. The predicted octanol–water partition coefficient (Wildman–Crippen LogP) is 6.17. The molecule has 1 N–H and O–H groups in total. The SMILES string of the molecule is Oc1cccc2c1Oc1ccccc1C2=C1CC2CCC(C1)N2CCc1ccccc1. The molecule has 0 radical (unpaired) electrons. The molecule has 3 heteroatoms. The van der Waals surface area contributed by atoms with Crippen LogP contribution in [0.25, 0.3) is 5.57 Å². The van der Waals surface area contributed by atoms with Gasteiger partial charge in [0.25, 0.3) is 0 Å². The minimum absolute atomic E-state index is 0.216. The molecule has 0 aliphatic carbocycles. The van der Waals surface area contributed by atoms with E-state index in [0.29, 0.717) is 17.8 Å². The van der Waals surface area contributed by atoms with Crippen LogP contribution in [0.3, 0.4) is 0 Å². The maximum atomic E-state index is 10.5. The van der Waals surface area contributed by atoms with Gasteiger partial charge in [-0.2, -0.15) is 0 Å². The van der Waals surface area contributed by atoms with E-state index in [-0.39, 0.29) is 5.75 Å². The topological polar surface area (TPSA) is 32.7 Å². The molecule has 0 saturated carbocycles. The fourth-order valence-electron chi connectivity index (χ4n) is 5.80. The minimum Gasteiger partial charge on any atom is -0.504 e. The highest BCUT2D eigenvalue weighted by atomic mass is 16.5. The average molecular weight is 410 g/mol. The van der Waals surface area contributed by atoms with E-state index in [1.165, 1.54) is 29.6 Å². The number of rotatable bonds is 3. The van der Waals surface area contributed by atoms with Gasteiger partial charge in [-0.3, -0.25) is 4.90 Å². The Balaban J connectivity index is 1.35. The third-order valence-corrected chi connectivity index (χ3v) is 7.22. The Morgan fingerprint density at radius 1 is 0.806 bits per heavy atom. The smallest absolute Gasteiger partial charge is 0.176 e. The van der Waals surface area contributed by atoms with Crippen LogP contribution in [0.1, 0.15) is 42.4 Å². The molecule has 3 aromatic rings. The molecule has 6 rings (SSSR count). The summed E-state index contributed by atoms with van der Waals surface area (Å²) in [5.74, 6) is 1.66. The summed E-state index contributed by atoms with van der Waals surface area (Å²) in [6.07, 6.45) is 5.88. The summed E-state index contributed by atoms with van der Waals surface area (Å²) in [6.45, 7) is 1.14. The van der Waals surface area contributed by atoms with Gasteiger partial charge in [-0.25, -0.2) is 0 Å². The standard InChI is InChI=1S/C28H27NO2/c30-25-11-6-10-24-27(23-9-4-5-12-26(23)31-28(24)25)20-17-21-13-14-22(18-20)29(21)16-15-19-7-2-1-3-8-19/h1-12,21-22,30H,13-18H2. The Labute approximate surface area is 183 Å². The van der Waals surface area contributed by atoms with Crippen molar-refractivity contribution in [1.82, 2.24) is 4.90 Å². The van der Waals surface area contributed by atoms with E-state index in [1.54, 1.807) is 6.07 Å². The molecule has 3 aliphatic rings. The number of phenols is 1. The summed E-state index contributed by atoms with van der Waals surface area (Å²) >= 11 is 0. The second kappa shape index (κ2) is 7.58. The molecule has 3 heterocycles. The fourth-order valence-corrected chi connectivity index (χ4v) is 5.80. The van der Waals surface area contributed by atoms with Gasteiger partial charge in [-0.15, -0.1) is 0 Å². The molecule has 3 aromatic carbocycles. The molecule has 3 aliphatic heterocycles. The van der Waals surface area contributed by atoms with Crippen molar-refractivity contribution in [2.45, 2.75) is 44.2 Å². The van der Waals surface area contributed by atoms with Gasteiger partial charge in [0.05, 0.1) is 0 Å². The zero-order valence-corrected chi connectivity index (χ0v) is 17.6. The number of fused-ring (bicyclic) bond motifs is 4. The summed E-state index contributed by atoms with van der Waals surface area (Å²) in [6, 6.07) is 26.1. The first-order chi connectivity index (χ1) is 15.3. The van der Waals surface area contributed by atoms with Crippen LogP contribution in [0.2, 0.25) is 0 Å². The first-order valence-corrected chi connectivity index (χ1v) is 11.4. The van der Waals surface area contributed by atoms with Gasteiger partial charge in [0.1, 0.15) is 5.75 Å². The van der Waals surface area contributed by atoms with E-state index >= 15 is 0 Å². The summed E-state index contributed by atoms with van der Waals surface area (Å²) in [4.78, 5) is 2.76. The highest BCUT2D eigenvalue weighted by Gasteiger charge is 2.40. The van der Waals surface area contributed by atoms with Crippen LogP contribution in [0.5, 0.6) is 17.2 Å². The molecular weight excluding hydrogens is 382 g/mol. The number of hydrogen-bond donors (Lipinski definition) is 1. The lowest BCUT2D eigenvalue weighted by Gasteiger charge is -2.38. The van der Waals surface area contributed by atoms with Crippen LogP contribution in [0.4, 0.5) is 0 Å². The zero-order valence-electron chi connectivity index (χ0n) is 17.6. The van der Waals surface area contributed by atoms with Crippen molar-refractivity contribution in [3.05, 3.63) is 95.1 Å². The first kappa shape index (κ1) is 18.7. The van der Waals surface area contributed by atoms with E-state index < -0.39 is 0 Å². The van der Waals surface area contributed by atoms with E-state index in [1.807, 2.05) is 18.2 Å². The summed E-state index contributed by atoms with van der Waals surface area (Å²) < 4.78 is 6.11. The molecule has 156 valence electrons. The van der Waals surface area contributed by atoms with E-state index in [2.05, 4.69) is 53.4 Å². The van der Waals surface area contributed by atoms with Crippen molar-refractivity contribution in [3.8, 4) is 17.2 Å². The molecule has 2 fully saturated rings. The maximum absolute atomic E-state index is 10.5. The number of nitrogens with zero attached hydrogens (tertiary/aromatic N) is 1. The van der Waals surface area contributed by atoms with Crippen molar-refractivity contribution in [3.63, 3.8) is 0 Å². The van der Waals surface area contributed by atoms with Crippen molar-refractivity contribution in [2.24, 2.45) is 0 Å². The molecule has 2 bridgehead atoms. The lowest BCUT2D eigenvalue weighted by atomic mass is 9.84. The Morgan fingerprint density at radius 2 is 1.52 bits per heavy atom. The molecule has 0 aromatic heterocycles. The van der Waals surface area contributed by atoms with Crippen LogP contribution in [0.15, 0.2) is 78.4 Å². The molecule has 31 heavy (non-hydrogen) atoms. The van der Waals surface area contributed by atoms with Crippen LogP contribution in [0, 0.1) is 0 Å². The number of phenolic OH excluding ortho intramolecular Hbond substituents is 1. The molecule has 2 unspecified atom stereocenters. The Hall–Kier alpha value is -3.04. The van der Waals surface area contributed by atoms with E-state index in [0.717, 1.165) is 42.7 Å². The number of para-hydroxylation sites is 2. The van der Waals surface area contributed by atoms with E-state index in [4.69, 9.17) is 4.74 Å². The van der Waals surface area contributed by atoms with Crippen molar-refractivity contribution in [2.75, 3.05) is 6.54 Å². The Bertz CT molecular complexity index is 1130. The lowest BCUT2D eigenvalue weighted by Crippen LogP contribution is -2.42. The summed E-state index contributed by atoms with van der Waals surface area (Å²) in [7, 11) is 0. The van der Waals surface area contributed by atoms with Gasteiger partial charge >= 0.3 is 0 Å². The number of piperidine rings is 1. The van der Waals surface area contributed by atoms with Crippen LogP contribution >= 0.6 is 0 Å². The van der Waals surface area contributed by atoms with Crippen LogP contribution < -0.4 is 4.74 Å². The van der Waals surface area contributed by atoms with Crippen LogP contribution in [-0.4, -0.2) is 28.6 Å². The van der Waals surface area contributed by atoms with Gasteiger partial charge in [0.2, 0.25) is 0 Å². The first-order valence-electron chi connectivity index (χ1n) is 11.4. The highest BCUT2D eigenvalue weighted by Crippen LogP contribution is 2.51. The molecule has 2 atom stereocenters. The zero-order chi connectivity index (χ0) is 20.8. The van der Waals surface area contributed by atoms with Gasteiger partial charge in [-0.05, 0) is 55.4 Å². The second-order valence-electron chi connectivity index (χ2n) is 9.00. The van der Waals surface area contributed by atoms with Crippen molar-refractivity contribution < 1.29 is 9.84 Å². The third-order valence-electron chi connectivity index (χ3n) is 7.22. The second-order valence-corrected chi connectivity index (χ2v) is 9.00. The quantitative estimate of drug-likeness (QED) is 0.439. The maximum Gasteiger partial charge on any atom is 0.176 e. The lowest BCUT2D eigenvalue weighted by molar-refractivity contribution is 0.168. The number of ether oxygens (including phenoxy) is 1. The molecule has 0 amide bonds. The predicted molar refractivity (Wildman–Crippen MR) is 124 cm³/mol. The summed E-state index contributed by atoms with van der Waals surface area (Å²) in [5, 5.41) is 10.5. The molecule has 0 spiro atoms. The number of aromatic hydroxyl groups is 1. The summed E-state index contributed by atoms with van der Waals surface area (Å²) in [5.41, 5.74) is 6.42. The monoisotopic (exact) mass is 409 g/mol. The van der Waals surface area contributed by atoms with Gasteiger partial charge in [0.15, 0.2) is 11.5 Å². The highest BCUT2D eigenvalue weighted by molar-refractivity contribution is 5.91. The van der Waals surface area contributed by atoms with Gasteiger partial charge < -0.3 is 9.84 Å². The Kier molecular flexibility index (Phi) is 4.57. The van der Waals surface area contributed by atoms with Crippen molar-refractivity contribution >= 4 is 5.57 Å². The van der Waals surface area contributed by atoms with Crippen LogP contribution in [-0.2, 0) is 6.42 Å². The van der Waals surface area contributed by atoms with Gasteiger partial charge in [-0.1, -0.05) is 66.2 Å². The Morgan fingerprint density at radius 3 is 2.32 bits per heavy atom. The minimum atomic E-state index is 0.216. The number of benzene rings is 3. The van der Waals surface area contributed by atoms with Gasteiger partial charge in [0, 0.05) is 29.8 Å². The largest absolute Gasteiger partial charge is 0.504 e. The molecule has 3 nitrogen and oxygen atoms in total. The average Bonchev–Trinajstić information content (AvgIpc) is 3.04. The molecule has 2 saturated heterocycles. The fraction of sp³-hybridized carbons (Fsp3) is 0.286. The normalized spacial score (nSPS) is 22.1. The number of hydrogen-bond acceptors (Lipinski definition) is 3. The third kappa shape index (κ3) is 3.24. The van der Waals surface area contributed by atoms with Crippen molar-refractivity contribution in [1.29, 1.82) is 0 Å². The van der Waals surface area contributed by atoms with E-state index in [9.17, 15) is 5.11 Å².